The Balaban J connectivity index is 2.16. The van der Waals surface area contributed by atoms with E-state index >= 15 is 0 Å². The lowest BCUT2D eigenvalue weighted by atomic mass is 10.1. The minimum absolute atomic E-state index is 0.192. The molecule has 2 aromatic heterocycles. The van der Waals surface area contributed by atoms with Crippen LogP contribution in [0.5, 0.6) is 0 Å². The van der Waals surface area contributed by atoms with Gasteiger partial charge < -0.3 is 10.4 Å². The third-order valence-corrected chi connectivity index (χ3v) is 4.06. The van der Waals surface area contributed by atoms with Gasteiger partial charge in [-0.05, 0) is 36.4 Å². The van der Waals surface area contributed by atoms with Crippen LogP contribution in [0.1, 0.15) is 47.6 Å². The van der Waals surface area contributed by atoms with Gasteiger partial charge in [-0.15, -0.1) is 11.3 Å². The summed E-state index contributed by atoms with van der Waals surface area (Å²) in [4.78, 5) is 17.0. The number of pyridine rings is 1. The van der Waals surface area contributed by atoms with E-state index in [0.29, 0.717) is 5.82 Å². The lowest BCUT2D eigenvalue weighted by Crippen LogP contribution is -2.19. The largest absolute Gasteiger partial charge is 0.478 e. The van der Waals surface area contributed by atoms with Gasteiger partial charge in [0.2, 0.25) is 0 Å². The molecule has 2 rings (SSSR count). The first-order valence-corrected chi connectivity index (χ1v) is 7.88. The summed E-state index contributed by atoms with van der Waals surface area (Å²) in [5, 5.41) is 14.6. The second-order valence-corrected chi connectivity index (χ2v) is 6.49. The fourth-order valence-corrected chi connectivity index (χ4v) is 2.91. The van der Waals surface area contributed by atoms with Gasteiger partial charge in [-0.25, -0.2) is 9.78 Å². The molecular weight excluding hydrogens is 284 g/mol. The predicted molar refractivity (Wildman–Crippen MR) is 86.4 cm³/mol. The molecule has 0 aliphatic heterocycles. The first-order chi connectivity index (χ1) is 9.95. The Kier molecular flexibility index (Phi) is 4.96. The molecule has 0 saturated heterocycles. The van der Waals surface area contributed by atoms with Crippen molar-refractivity contribution < 1.29 is 9.90 Å². The molecule has 0 saturated carbocycles. The fourth-order valence-electron chi connectivity index (χ4n) is 2.08. The van der Waals surface area contributed by atoms with Gasteiger partial charge in [-0.1, -0.05) is 19.9 Å². The van der Waals surface area contributed by atoms with Gasteiger partial charge in [-0.2, -0.15) is 0 Å². The Labute approximate surface area is 128 Å². The molecule has 112 valence electrons. The smallest absolute Gasteiger partial charge is 0.335 e. The molecule has 0 spiro atoms. The SMILES string of the molecule is CC(Cc1cccs1)Nc1cc(C(=O)O)cc(C(C)C)n1. The number of hydrogen-bond donors (Lipinski definition) is 2. The zero-order chi connectivity index (χ0) is 15.4. The number of carboxylic acid groups (broad SMARTS) is 1. The molecule has 5 heteroatoms. The highest BCUT2D eigenvalue weighted by Crippen LogP contribution is 2.19. The van der Waals surface area contributed by atoms with Gasteiger partial charge in [0.1, 0.15) is 5.82 Å². The second-order valence-electron chi connectivity index (χ2n) is 5.45. The Morgan fingerprint density at radius 3 is 2.71 bits per heavy atom. The van der Waals surface area contributed by atoms with Crippen molar-refractivity contribution in [3.05, 3.63) is 45.8 Å². The summed E-state index contributed by atoms with van der Waals surface area (Å²) in [7, 11) is 0. The lowest BCUT2D eigenvalue weighted by molar-refractivity contribution is 0.0696. The van der Waals surface area contributed by atoms with E-state index in [1.807, 2.05) is 19.9 Å². The van der Waals surface area contributed by atoms with E-state index in [0.717, 1.165) is 12.1 Å². The topological polar surface area (TPSA) is 62.2 Å². The van der Waals surface area contributed by atoms with Crippen LogP contribution in [-0.2, 0) is 6.42 Å². The van der Waals surface area contributed by atoms with Crippen molar-refractivity contribution in [1.29, 1.82) is 0 Å². The van der Waals surface area contributed by atoms with Crippen molar-refractivity contribution in [2.75, 3.05) is 5.32 Å². The van der Waals surface area contributed by atoms with Crippen LogP contribution in [0.4, 0.5) is 5.82 Å². The maximum absolute atomic E-state index is 11.2. The molecule has 4 nitrogen and oxygen atoms in total. The van der Waals surface area contributed by atoms with Crippen LogP contribution in [0, 0.1) is 0 Å². The molecule has 21 heavy (non-hydrogen) atoms. The first-order valence-electron chi connectivity index (χ1n) is 7.00. The molecule has 1 unspecified atom stereocenters. The number of hydrogen-bond acceptors (Lipinski definition) is 4. The van der Waals surface area contributed by atoms with E-state index in [9.17, 15) is 9.90 Å². The summed E-state index contributed by atoms with van der Waals surface area (Å²) in [6.07, 6.45) is 0.896. The minimum atomic E-state index is -0.923. The van der Waals surface area contributed by atoms with E-state index in [4.69, 9.17) is 0 Å². The van der Waals surface area contributed by atoms with Crippen LogP contribution in [0.3, 0.4) is 0 Å². The summed E-state index contributed by atoms with van der Waals surface area (Å²) in [5.74, 6) is -0.103. The summed E-state index contributed by atoms with van der Waals surface area (Å²) < 4.78 is 0. The quantitative estimate of drug-likeness (QED) is 0.846. The molecule has 0 aromatic carbocycles. The van der Waals surface area contributed by atoms with Crippen LogP contribution in [0.2, 0.25) is 0 Å². The van der Waals surface area contributed by atoms with E-state index in [1.165, 1.54) is 4.88 Å². The number of carboxylic acids is 1. The molecule has 0 aliphatic carbocycles. The zero-order valence-corrected chi connectivity index (χ0v) is 13.3. The van der Waals surface area contributed by atoms with Crippen molar-refractivity contribution in [3.63, 3.8) is 0 Å². The van der Waals surface area contributed by atoms with Crippen LogP contribution in [-0.4, -0.2) is 22.1 Å². The highest BCUT2D eigenvalue weighted by Gasteiger charge is 2.12. The third kappa shape index (κ3) is 4.29. The number of aromatic carboxylic acids is 1. The Morgan fingerprint density at radius 2 is 2.14 bits per heavy atom. The van der Waals surface area contributed by atoms with Crippen LogP contribution in [0.15, 0.2) is 29.6 Å². The summed E-state index contributed by atoms with van der Waals surface area (Å²) in [6, 6.07) is 7.57. The number of thiophene rings is 1. The van der Waals surface area contributed by atoms with Crippen LogP contribution < -0.4 is 5.32 Å². The summed E-state index contributed by atoms with van der Waals surface area (Å²) in [5.41, 5.74) is 1.07. The zero-order valence-electron chi connectivity index (χ0n) is 12.5. The maximum Gasteiger partial charge on any atom is 0.335 e. The van der Waals surface area contributed by atoms with Gasteiger partial charge >= 0.3 is 5.97 Å². The second kappa shape index (κ2) is 6.72. The fraction of sp³-hybridized carbons (Fsp3) is 0.375. The normalized spacial score (nSPS) is 12.4. The molecular formula is C16H20N2O2S. The number of nitrogens with zero attached hydrogens (tertiary/aromatic N) is 1. The van der Waals surface area contributed by atoms with E-state index in [-0.39, 0.29) is 17.5 Å². The Bertz CT molecular complexity index is 609. The lowest BCUT2D eigenvalue weighted by Gasteiger charge is -2.16. The van der Waals surface area contributed by atoms with Gasteiger partial charge in [0.25, 0.3) is 0 Å². The number of aromatic nitrogens is 1. The maximum atomic E-state index is 11.2. The van der Waals surface area contributed by atoms with Crippen molar-refractivity contribution in [3.8, 4) is 0 Å². The molecule has 1 atom stereocenters. The molecule has 2 N–H and O–H groups in total. The number of nitrogens with one attached hydrogen (secondary N) is 1. The molecule has 0 bridgehead atoms. The third-order valence-electron chi connectivity index (χ3n) is 3.17. The minimum Gasteiger partial charge on any atom is -0.478 e. The summed E-state index contributed by atoms with van der Waals surface area (Å²) in [6.45, 7) is 6.09. The van der Waals surface area contributed by atoms with Crippen molar-refractivity contribution in [2.24, 2.45) is 0 Å². The molecule has 0 amide bonds. The highest BCUT2D eigenvalue weighted by molar-refractivity contribution is 7.09. The van der Waals surface area contributed by atoms with Crippen molar-refractivity contribution in [1.82, 2.24) is 4.98 Å². The van der Waals surface area contributed by atoms with E-state index in [1.54, 1.807) is 23.5 Å². The Hall–Kier alpha value is -1.88. The molecule has 2 heterocycles. The standard InChI is InChI=1S/C16H20N2O2S/c1-10(2)14-8-12(16(19)20)9-15(18-14)17-11(3)7-13-5-4-6-21-13/h4-6,8-11H,7H2,1-3H3,(H,17,18)(H,19,20). The van der Waals surface area contributed by atoms with Crippen LogP contribution >= 0.6 is 11.3 Å². The molecule has 0 fully saturated rings. The molecule has 2 aromatic rings. The van der Waals surface area contributed by atoms with E-state index in [2.05, 4.69) is 28.7 Å². The van der Waals surface area contributed by atoms with Gasteiger partial charge in [0, 0.05) is 23.0 Å². The number of anilines is 1. The molecule has 0 aliphatic rings. The average molecular weight is 304 g/mol. The van der Waals surface area contributed by atoms with Crippen molar-refractivity contribution in [2.45, 2.75) is 39.2 Å². The Morgan fingerprint density at radius 1 is 1.38 bits per heavy atom. The van der Waals surface area contributed by atoms with Gasteiger partial charge in [0.05, 0.1) is 5.56 Å². The van der Waals surface area contributed by atoms with Crippen molar-refractivity contribution >= 4 is 23.1 Å². The van der Waals surface area contributed by atoms with Gasteiger partial charge in [-0.3, -0.25) is 0 Å². The predicted octanol–water partition coefficient (Wildman–Crippen LogP) is 4.01. The summed E-state index contributed by atoms with van der Waals surface area (Å²) >= 11 is 1.72. The van der Waals surface area contributed by atoms with E-state index < -0.39 is 5.97 Å². The first kappa shape index (κ1) is 15.5. The molecule has 0 radical (unpaired) electrons. The van der Waals surface area contributed by atoms with Crippen LogP contribution in [0.25, 0.3) is 0 Å². The number of rotatable bonds is 6. The van der Waals surface area contributed by atoms with Gasteiger partial charge in [0.15, 0.2) is 0 Å². The number of carbonyl (C=O) groups is 1. The average Bonchev–Trinajstić information content (AvgIpc) is 2.90. The monoisotopic (exact) mass is 304 g/mol. The highest BCUT2D eigenvalue weighted by atomic mass is 32.1.